The molecule has 0 N–H and O–H groups in total. The maximum Gasteiger partial charge on any atom is 0.145 e. The summed E-state index contributed by atoms with van der Waals surface area (Å²) in [4.78, 5) is 5.03. The number of rotatable bonds is 1. The van der Waals surface area contributed by atoms with Gasteiger partial charge in [0, 0.05) is 16.7 Å². The van der Waals surface area contributed by atoms with Gasteiger partial charge in [-0.05, 0) is 23.3 Å². The maximum absolute atomic E-state index is 5.03. The van der Waals surface area contributed by atoms with E-state index < -0.39 is 0 Å². The van der Waals surface area contributed by atoms with Crippen LogP contribution < -0.4 is 0 Å². The minimum atomic E-state index is 0.985. The molecule has 1 aliphatic rings. The zero-order valence-electron chi connectivity index (χ0n) is 14.6. The van der Waals surface area contributed by atoms with E-state index in [1.807, 2.05) is 6.07 Å². The third-order valence-corrected chi connectivity index (χ3v) is 5.36. The lowest BCUT2D eigenvalue weighted by Crippen LogP contribution is -1.98. The van der Waals surface area contributed by atoms with Crippen LogP contribution in [-0.2, 0) is 0 Å². The number of imidazole rings is 1. The van der Waals surface area contributed by atoms with E-state index in [2.05, 4.69) is 95.6 Å². The SMILES string of the molecule is c1ccc(-c2nc3cccc4c3n2-c2ccccc2-c2ccccc2-4)cc1. The maximum atomic E-state index is 5.03. The molecule has 6 rings (SSSR count). The van der Waals surface area contributed by atoms with Gasteiger partial charge in [0.25, 0.3) is 0 Å². The van der Waals surface area contributed by atoms with Crippen molar-refractivity contribution in [2.45, 2.75) is 0 Å². The number of fused-ring (bicyclic) bond motifs is 5. The molecule has 4 aromatic carbocycles. The van der Waals surface area contributed by atoms with E-state index in [1.54, 1.807) is 0 Å². The van der Waals surface area contributed by atoms with Gasteiger partial charge in [0.15, 0.2) is 0 Å². The number of para-hydroxylation sites is 2. The Kier molecular flexibility index (Phi) is 2.91. The minimum Gasteiger partial charge on any atom is -0.291 e. The third kappa shape index (κ3) is 1.98. The minimum absolute atomic E-state index is 0.985. The molecule has 0 unspecified atom stereocenters. The monoisotopic (exact) mass is 344 g/mol. The van der Waals surface area contributed by atoms with E-state index in [0.29, 0.717) is 0 Å². The van der Waals surface area contributed by atoms with Crippen molar-refractivity contribution < 1.29 is 0 Å². The van der Waals surface area contributed by atoms with Gasteiger partial charge < -0.3 is 0 Å². The largest absolute Gasteiger partial charge is 0.291 e. The van der Waals surface area contributed by atoms with Crippen LogP contribution in [0.15, 0.2) is 97.1 Å². The first-order valence-corrected chi connectivity index (χ1v) is 9.18. The highest BCUT2D eigenvalue weighted by atomic mass is 15.1. The summed E-state index contributed by atoms with van der Waals surface area (Å²) in [5.74, 6) is 0.985. The number of hydrogen-bond acceptors (Lipinski definition) is 1. The number of nitrogens with zero attached hydrogens (tertiary/aromatic N) is 2. The summed E-state index contributed by atoms with van der Waals surface area (Å²) in [6, 6.07) is 34.2. The van der Waals surface area contributed by atoms with Crippen LogP contribution in [0.5, 0.6) is 0 Å². The highest BCUT2D eigenvalue weighted by Crippen LogP contribution is 2.44. The molecule has 126 valence electrons. The Labute approximate surface area is 157 Å². The van der Waals surface area contributed by atoms with E-state index in [4.69, 9.17) is 4.98 Å². The van der Waals surface area contributed by atoms with Crippen LogP contribution in [0, 0.1) is 0 Å². The summed E-state index contributed by atoms with van der Waals surface area (Å²) in [6.07, 6.45) is 0. The molecule has 0 bridgehead atoms. The van der Waals surface area contributed by atoms with Crippen molar-refractivity contribution in [1.29, 1.82) is 0 Å². The Balaban J connectivity index is 1.86. The van der Waals surface area contributed by atoms with E-state index >= 15 is 0 Å². The number of hydrogen-bond donors (Lipinski definition) is 0. The molecule has 0 spiro atoms. The molecular formula is C25H16N2. The van der Waals surface area contributed by atoms with Gasteiger partial charge in [0.2, 0.25) is 0 Å². The lowest BCUT2D eigenvalue weighted by Gasteiger charge is -2.13. The van der Waals surface area contributed by atoms with Crippen LogP contribution in [0.1, 0.15) is 0 Å². The lowest BCUT2D eigenvalue weighted by molar-refractivity contribution is 1.11. The van der Waals surface area contributed by atoms with Crippen LogP contribution in [0.4, 0.5) is 0 Å². The first-order chi connectivity index (χ1) is 13.4. The predicted molar refractivity (Wildman–Crippen MR) is 111 cm³/mol. The van der Waals surface area contributed by atoms with E-state index in [9.17, 15) is 0 Å². The standard InChI is InChI=1S/C25H16N2/c1-2-9-17(10-3-1)25-26-22-15-8-14-21-19-12-5-4-11-18(19)20-13-6-7-16-23(20)27(25)24(21)22/h1-16H. The molecule has 27 heavy (non-hydrogen) atoms. The average Bonchev–Trinajstić information content (AvgIpc) is 3.08. The summed E-state index contributed by atoms with van der Waals surface area (Å²) in [5, 5.41) is 0. The molecule has 2 heteroatoms. The average molecular weight is 344 g/mol. The van der Waals surface area contributed by atoms with Crippen LogP contribution in [0.25, 0.3) is 50.4 Å². The first kappa shape index (κ1) is 14.5. The van der Waals surface area contributed by atoms with Crippen molar-refractivity contribution in [3.8, 4) is 39.3 Å². The van der Waals surface area contributed by atoms with Crippen molar-refractivity contribution in [2.24, 2.45) is 0 Å². The Bertz CT molecular complexity index is 1310. The van der Waals surface area contributed by atoms with Gasteiger partial charge in [-0.2, -0.15) is 0 Å². The number of benzene rings is 4. The zero-order chi connectivity index (χ0) is 17.8. The summed E-state index contributed by atoms with van der Waals surface area (Å²) < 4.78 is 2.33. The van der Waals surface area contributed by atoms with Gasteiger partial charge >= 0.3 is 0 Å². The topological polar surface area (TPSA) is 17.8 Å². The third-order valence-electron chi connectivity index (χ3n) is 5.36. The molecule has 0 atom stereocenters. The van der Waals surface area contributed by atoms with Crippen molar-refractivity contribution in [3.63, 3.8) is 0 Å². The normalized spacial score (nSPS) is 11.7. The fourth-order valence-corrected chi connectivity index (χ4v) is 4.21. The van der Waals surface area contributed by atoms with Crippen molar-refractivity contribution in [3.05, 3.63) is 97.1 Å². The Morgan fingerprint density at radius 3 is 1.96 bits per heavy atom. The van der Waals surface area contributed by atoms with Crippen LogP contribution in [0.3, 0.4) is 0 Å². The van der Waals surface area contributed by atoms with Crippen LogP contribution in [-0.4, -0.2) is 9.55 Å². The Morgan fingerprint density at radius 1 is 0.519 bits per heavy atom. The van der Waals surface area contributed by atoms with E-state index in [0.717, 1.165) is 16.9 Å². The fraction of sp³-hybridized carbons (Fsp3) is 0. The summed E-state index contributed by atoms with van der Waals surface area (Å²) in [7, 11) is 0. The highest BCUT2D eigenvalue weighted by molar-refractivity contribution is 6.03. The molecule has 0 fully saturated rings. The molecule has 5 aromatic rings. The Morgan fingerprint density at radius 2 is 1.15 bits per heavy atom. The van der Waals surface area contributed by atoms with Gasteiger partial charge in [-0.3, -0.25) is 4.57 Å². The van der Waals surface area contributed by atoms with E-state index in [1.165, 1.54) is 33.5 Å². The fourth-order valence-electron chi connectivity index (χ4n) is 4.21. The molecule has 1 aromatic heterocycles. The molecule has 0 saturated carbocycles. The van der Waals surface area contributed by atoms with Crippen molar-refractivity contribution >= 4 is 11.0 Å². The molecule has 0 saturated heterocycles. The van der Waals surface area contributed by atoms with Gasteiger partial charge in [-0.1, -0.05) is 84.9 Å². The van der Waals surface area contributed by atoms with Gasteiger partial charge in [-0.15, -0.1) is 0 Å². The summed E-state index contributed by atoms with van der Waals surface area (Å²) in [5.41, 5.74) is 9.50. The summed E-state index contributed by atoms with van der Waals surface area (Å²) >= 11 is 0. The molecule has 2 nitrogen and oxygen atoms in total. The molecule has 1 aliphatic heterocycles. The van der Waals surface area contributed by atoms with Crippen LogP contribution >= 0.6 is 0 Å². The number of aromatic nitrogens is 2. The van der Waals surface area contributed by atoms with Gasteiger partial charge in [-0.25, -0.2) is 4.98 Å². The second kappa shape index (κ2) is 5.42. The lowest BCUT2D eigenvalue weighted by atomic mass is 9.94. The molecule has 0 amide bonds. The summed E-state index contributed by atoms with van der Waals surface area (Å²) in [6.45, 7) is 0. The zero-order valence-corrected chi connectivity index (χ0v) is 14.6. The molecule has 0 radical (unpaired) electrons. The first-order valence-electron chi connectivity index (χ1n) is 9.18. The van der Waals surface area contributed by atoms with Crippen molar-refractivity contribution in [2.75, 3.05) is 0 Å². The predicted octanol–water partition coefficient (Wildman–Crippen LogP) is 6.34. The Hall–Kier alpha value is -3.65. The second-order valence-electron chi connectivity index (χ2n) is 6.87. The van der Waals surface area contributed by atoms with Gasteiger partial charge in [0.05, 0.1) is 16.7 Å². The van der Waals surface area contributed by atoms with Crippen molar-refractivity contribution in [1.82, 2.24) is 9.55 Å². The highest BCUT2D eigenvalue weighted by Gasteiger charge is 2.24. The van der Waals surface area contributed by atoms with Gasteiger partial charge in [0.1, 0.15) is 5.82 Å². The smallest absolute Gasteiger partial charge is 0.145 e. The second-order valence-corrected chi connectivity index (χ2v) is 6.87. The molecule has 0 aliphatic carbocycles. The quantitative estimate of drug-likeness (QED) is 0.340. The molecule has 2 heterocycles. The molecular weight excluding hydrogens is 328 g/mol. The van der Waals surface area contributed by atoms with E-state index in [-0.39, 0.29) is 0 Å². The van der Waals surface area contributed by atoms with Crippen LogP contribution in [0.2, 0.25) is 0 Å².